The number of carbonyl (C=O) groups excluding carboxylic acids is 2. The number of halogens is 4. The van der Waals surface area contributed by atoms with Crippen molar-refractivity contribution in [3.05, 3.63) is 58.1 Å². The van der Waals surface area contributed by atoms with Crippen molar-refractivity contribution >= 4 is 39.1 Å². The van der Waals surface area contributed by atoms with E-state index in [9.17, 15) is 22.8 Å². The molecule has 148 valence electrons. The van der Waals surface area contributed by atoms with E-state index in [1.165, 1.54) is 12.1 Å². The minimum absolute atomic E-state index is 0.0729. The van der Waals surface area contributed by atoms with E-state index in [4.69, 9.17) is 0 Å². The van der Waals surface area contributed by atoms with Gasteiger partial charge in [0.1, 0.15) is 0 Å². The van der Waals surface area contributed by atoms with E-state index in [0.717, 1.165) is 18.9 Å². The Balaban J connectivity index is 1.58. The molecule has 2 aromatic rings. The van der Waals surface area contributed by atoms with Crippen molar-refractivity contribution in [3.63, 3.8) is 0 Å². The van der Waals surface area contributed by atoms with E-state index >= 15 is 0 Å². The zero-order chi connectivity index (χ0) is 20.3. The Labute approximate surface area is 167 Å². The van der Waals surface area contributed by atoms with E-state index in [2.05, 4.69) is 31.9 Å². The van der Waals surface area contributed by atoms with Crippen LogP contribution in [0, 0.1) is 0 Å². The smallest absolute Gasteiger partial charge is 0.376 e. The van der Waals surface area contributed by atoms with Crippen LogP contribution in [0.4, 0.5) is 24.5 Å². The molecule has 3 rings (SSSR count). The molecule has 0 spiro atoms. The molecule has 5 nitrogen and oxygen atoms in total. The molecule has 1 aliphatic rings. The van der Waals surface area contributed by atoms with Gasteiger partial charge >= 0.3 is 6.18 Å². The van der Waals surface area contributed by atoms with Crippen LogP contribution in [0.5, 0.6) is 0 Å². The fourth-order valence-electron chi connectivity index (χ4n) is 2.47. The van der Waals surface area contributed by atoms with Gasteiger partial charge in [0.2, 0.25) is 5.91 Å². The lowest BCUT2D eigenvalue weighted by molar-refractivity contribution is -0.138. The summed E-state index contributed by atoms with van der Waals surface area (Å²) in [5, 5.41) is 8.14. The predicted octanol–water partition coefficient (Wildman–Crippen LogP) is 4.41. The summed E-state index contributed by atoms with van der Waals surface area (Å²) in [6, 6.07) is 10.3. The van der Waals surface area contributed by atoms with Gasteiger partial charge in [0.15, 0.2) is 0 Å². The van der Waals surface area contributed by atoms with Crippen LogP contribution in [-0.4, -0.2) is 24.4 Å². The van der Waals surface area contributed by atoms with Gasteiger partial charge < -0.3 is 16.0 Å². The SMILES string of the molecule is O=C(CNc1ccc(Br)c(C(F)(F)F)c1)Nc1cccc(C(=O)NC2CC2)c1. The van der Waals surface area contributed by atoms with Crippen molar-refractivity contribution < 1.29 is 22.8 Å². The number of anilines is 2. The highest BCUT2D eigenvalue weighted by atomic mass is 79.9. The third-order valence-corrected chi connectivity index (χ3v) is 4.74. The van der Waals surface area contributed by atoms with Crippen LogP contribution in [-0.2, 0) is 11.0 Å². The van der Waals surface area contributed by atoms with Crippen LogP contribution in [0.15, 0.2) is 46.9 Å². The summed E-state index contributed by atoms with van der Waals surface area (Å²) in [6.07, 6.45) is -2.56. The van der Waals surface area contributed by atoms with Gasteiger partial charge in [-0.05, 0) is 49.2 Å². The molecule has 0 aliphatic heterocycles. The molecule has 0 saturated heterocycles. The van der Waals surface area contributed by atoms with Crippen LogP contribution in [0.25, 0.3) is 0 Å². The first-order chi connectivity index (χ1) is 13.2. The molecule has 0 atom stereocenters. The highest BCUT2D eigenvalue weighted by molar-refractivity contribution is 9.10. The van der Waals surface area contributed by atoms with E-state index in [1.807, 2.05) is 0 Å². The first-order valence-electron chi connectivity index (χ1n) is 8.54. The maximum Gasteiger partial charge on any atom is 0.417 e. The number of carbonyl (C=O) groups is 2. The van der Waals surface area contributed by atoms with Crippen molar-refractivity contribution in [1.29, 1.82) is 0 Å². The van der Waals surface area contributed by atoms with Crippen LogP contribution in [0.1, 0.15) is 28.8 Å². The van der Waals surface area contributed by atoms with Crippen molar-refractivity contribution in [2.75, 3.05) is 17.2 Å². The van der Waals surface area contributed by atoms with Crippen LogP contribution in [0.2, 0.25) is 0 Å². The first kappa shape index (κ1) is 20.2. The van der Waals surface area contributed by atoms with E-state index in [0.29, 0.717) is 11.3 Å². The molecule has 28 heavy (non-hydrogen) atoms. The summed E-state index contributed by atoms with van der Waals surface area (Å²) >= 11 is 2.87. The van der Waals surface area contributed by atoms with Crippen LogP contribution >= 0.6 is 15.9 Å². The van der Waals surface area contributed by atoms with E-state index in [-0.39, 0.29) is 28.7 Å². The fraction of sp³-hybridized carbons (Fsp3) is 0.263. The van der Waals surface area contributed by atoms with Gasteiger partial charge in [-0.3, -0.25) is 9.59 Å². The van der Waals surface area contributed by atoms with Gasteiger partial charge in [-0.1, -0.05) is 22.0 Å². The molecule has 1 fully saturated rings. The zero-order valence-electron chi connectivity index (χ0n) is 14.6. The number of hydrogen-bond donors (Lipinski definition) is 3. The number of alkyl halides is 3. The predicted molar refractivity (Wildman–Crippen MR) is 103 cm³/mol. The van der Waals surface area contributed by atoms with Gasteiger partial charge in [0, 0.05) is 27.5 Å². The highest BCUT2D eigenvalue weighted by Crippen LogP contribution is 2.36. The molecular formula is C19H17BrF3N3O2. The zero-order valence-corrected chi connectivity index (χ0v) is 16.2. The van der Waals surface area contributed by atoms with Gasteiger partial charge in [-0.2, -0.15) is 13.2 Å². The Morgan fingerprint density at radius 3 is 2.50 bits per heavy atom. The van der Waals surface area contributed by atoms with Gasteiger partial charge in [-0.25, -0.2) is 0 Å². The lowest BCUT2D eigenvalue weighted by Gasteiger charge is -2.13. The van der Waals surface area contributed by atoms with Crippen molar-refractivity contribution in [2.24, 2.45) is 0 Å². The normalized spacial score (nSPS) is 13.7. The topological polar surface area (TPSA) is 70.2 Å². The molecular weight excluding hydrogens is 439 g/mol. The molecule has 2 amide bonds. The van der Waals surface area contributed by atoms with Crippen LogP contribution < -0.4 is 16.0 Å². The van der Waals surface area contributed by atoms with Gasteiger partial charge in [0.05, 0.1) is 12.1 Å². The third kappa shape index (κ3) is 5.48. The second-order valence-corrected chi connectivity index (χ2v) is 7.28. The molecule has 0 heterocycles. The summed E-state index contributed by atoms with van der Waals surface area (Å²) in [5.74, 6) is -0.650. The number of amides is 2. The lowest BCUT2D eigenvalue weighted by Crippen LogP contribution is -2.26. The average Bonchev–Trinajstić information content (AvgIpc) is 3.44. The minimum atomic E-state index is -4.50. The van der Waals surface area contributed by atoms with Crippen molar-refractivity contribution in [2.45, 2.75) is 25.1 Å². The quantitative estimate of drug-likeness (QED) is 0.603. The number of hydrogen-bond acceptors (Lipinski definition) is 3. The molecule has 2 aromatic carbocycles. The molecule has 1 aliphatic carbocycles. The molecule has 0 aromatic heterocycles. The Kier molecular flexibility index (Phi) is 5.93. The monoisotopic (exact) mass is 455 g/mol. The molecule has 3 N–H and O–H groups in total. The largest absolute Gasteiger partial charge is 0.417 e. The third-order valence-electron chi connectivity index (χ3n) is 4.05. The minimum Gasteiger partial charge on any atom is -0.376 e. The number of benzene rings is 2. The van der Waals surface area contributed by atoms with Gasteiger partial charge in [-0.15, -0.1) is 0 Å². The Bertz CT molecular complexity index is 898. The second kappa shape index (κ2) is 8.22. The molecule has 0 radical (unpaired) electrons. The Morgan fingerprint density at radius 1 is 1.07 bits per heavy atom. The maximum absolute atomic E-state index is 12.9. The summed E-state index contributed by atoms with van der Waals surface area (Å²) < 4.78 is 38.7. The fourth-order valence-corrected chi connectivity index (χ4v) is 2.95. The van der Waals surface area contributed by atoms with Gasteiger partial charge in [0.25, 0.3) is 5.91 Å². The number of rotatable bonds is 6. The van der Waals surface area contributed by atoms with E-state index in [1.54, 1.807) is 24.3 Å². The molecule has 0 unspecified atom stereocenters. The van der Waals surface area contributed by atoms with Crippen molar-refractivity contribution in [3.8, 4) is 0 Å². The van der Waals surface area contributed by atoms with Crippen molar-refractivity contribution in [1.82, 2.24) is 5.32 Å². The first-order valence-corrected chi connectivity index (χ1v) is 9.33. The lowest BCUT2D eigenvalue weighted by atomic mass is 10.2. The maximum atomic E-state index is 12.9. The number of nitrogens with one attached hydrogen (secondary N) is 3. The molecule has 0 bridgehead atoms. The Hall–Kier alpha value is -2.55. The second-order valence-electron chi connectivity index (χ2n) is 6.42. The average molecular weight is 456 g/mol. The molecule has 9 heteroatoms. The summed E-state index contributed by atoms with van der Waals surface area (Å²) in [4.78, 5) is 24.2. The Morgan fingerprint density at radius 2 is 1.82 bits per heavy atom. The van der Waals surface area contributed by atoms with E-state index < -0.39 is 17.6 Å². The molecule has 1 saturated carbocycles. The summed E-state index contributed by atoms with van der Waals surface area (Å²) in [6.45, 7) is -0.225. The standard InChI is InChI=1S/C19H17BrF3N3O2/c20-16-7-6-13(9-15(16)19(21,22)23)24-10-17(27)25-14-3-1-2-11(8-14)18(28)26-12-4-5-12/h1-3,6-9,12,24H,4-5,10H2,(H,25,27)(H,26,28). The van der Waals surface area contributed by atoms with Crippen LogP contribution in [0.3, 0.4) is 0 Å². The summed E-state index contributed by atoms with van der Waals surface area (Å²) in [7, 11) is 0. The summed E-state index contributed by atoms with van der Waals surface area (Å²) in [5.41, 5.74) is 0.206. The highest BCUT2D eigenvalue weighted by Gasteiger charge is 2.33.